The van der Waals surface area contributed by atoms with Crippen LogP contribution in [-0.4, -0.2) is 89.2 Å². The molecule has 20 heteroatoms. The Morgan fingerprint density at radius 1 is 0.914 bits per heavy atom. The van der Waals surface area contributed by atoms with Crippen LogP contribution < -0.4 is 14.8 Å². The van der Waals surface area contributed by atoms with Crippen molar-refractivity contribution in [3.05, 3.63) is 24.3 Å². The van der Waals surface area contributed by atoms with Crippen molar-refractivity contribution in [2.45, 2.75) is 37.6 Å². The largest absolute Gasteiger partial charge is 0.497 e. The highest BCUT2D eigenvalue weighted by atomic mass is 32.3. The van der Waals surface area contributed by atoms with E-state index in [1.807, 2.05) is 0 Å². The standard InChI is InChI=1S/C15H21NO16S3/c1-8(17)16-12-14(32-35(24,25)26)13(31-34(21,22)23)11(7-28-33(18,19)20)30-15(12)29-10-5-3-9(27-2)4-6-10/h3-6,11-15H,7H2,1-2H3,(H,16,17)(H,18,19,20)(H,21,22,23)(H,24,25,26)/t11-,12-,13+,14-,15-/m1/s1. The first-order valence-electron chi connectivity index (χ1n) is 9.14. The Morgan fingerprint density at radius 3 is 1.89 bits per heavy atom. The maximum absolute atomic E-state index is 11.8. The molecule has 1 aliphatic rings. The van der Waals surface area contributed by atoms with Gasteiger partial charge in [-0.1, -0.05) is 0 Å². The number of carbonyl (C=O) groups is 1. The molecule has 1 fully saturated rings. The third kappa shape index (κ3) is 9.79. The summed E-state index contributed by atoms with van der Waals surface area (Å²) in [5, 5.41) is 2.18. The summed E-state index contributed by atoms with van der Waals surface area (Å²) in [6.45, 7) is -0.249. The number of methoxy groups -OCH3 is 1. The molecule has 1 heterocycles. The average Bonchev–Trinajstić information content (AvgIpc) is 2.69. The molecule has 0 aliphatic carbocycles. The van der Waals surface area contributed by atoms with Gasteiger partial charge in [-0.15, -0.1) is 0 Å². The van der Waals surface area contributed by atoms with E-state index in [1.165, 1.54) is 31.4 Å². The Morgan fingerprint density at radius 2 is 1.43 bits per heavy atom. The first kappa shape index (κ1) is 29.1. The fourth-order valence-corrected chi connectivity index (χ4v) is 4.31. The highest BCUT2D eigenvalue weighted by Crippen LogP contribution is 2.31. The van der Waals surface area contributed by atoms with Gasteiger partial charge < -0.3 is 19.5 Å². The molecule has 0 bridgehead atoms. The maximum Gasteiger partial charge on any atom is 0.397 e. The zero-order valence-electron chi connectivity index (χ0n) is 17.8. The van der Waals surface area contributed by atoms with Gasteiger partial charge in [0, 0.05) is 6.92 Å². The highest BCUT2D eigenvalue weighted by Gasteiger charge is 2.53. The molecule has 0 saturated carbocycles. The number of nitrogens with one attached hydrogen (secondary N) is 1. The van der Waals surface area contributed by atoms with E-state index in [-0.39, 0.29) is 5.75 Å². The maximum atomic E-state index is 11.8. The second-order valence-electron chi connectivity index (χ2n) is 6.75. The van der Waals surface area contributed by atoms with E-state index in [9.17, 15) is 34.6 Å². The van der Waals surface area contributed by atoms with Gasteiger partial charge in [0.05, 0.1) is 13.7 Å². The third-order valence-electron chi connectivity index (χ3n) is 4.17. The number of amides is 1. The lowest BCUT2D eigenvalue weighted by Crippen LogP contribution is -2.67. The Labute approximate surface area is 200 Å². The van der Waals surface area contributed by atoms with Gasteiger partial charge in [0.25, 0.3) is 0 Å². The molecule has 1 aliphatic heterocycles. The summed E-state index contributed by atoms with van der Waals surface area (Å²) < 4.78 is 124. The number of ether oxygens (including phenoxy) is 3. The Bertz CT molecular complexity index is 1200. The van der Waals surface area contributed by atoms with Crippen LogP contribution in [0, 0.1) is 0 Å². The van der Waals surface area contributed by atoms with Gasteiger partial charge >= 0.3 is 31.2 Å². The van der Waals surface area contributed by atoms with Gasteiger partial charge in [0.2, 0.25) is 12.2 Å². The summed E-state index contributed by atoms with van der Waals surface area (Å²) in [5.74, 6) is -0.404. The molecule has 35 heavy (non-hydrogen) atoms. The van der Waals surface area contributed by atoms with Gasteiger partial charge in [-0.25, -0.2) is 12.5 Å². The first-order valence-corrected chi connectivity index (χ1v) is 13.2. The van der Waals surface area contributed by atoms with E-state index in [0.717, 1.165) is 6.92 Å². The molecule has 1 aromatic carbocycles. The molecule has 200 valence electrons. The molecule has 4 N–H and O–H groups in total. The Hall–Kier alpha value is -2.14. The number of hydrogen-bond donors (Lipinski definition) is 4. The first-order chi connectivity index (χ1) is 16.0. The van der Waals surface area contributed by atoms with Gasteiger partial charge in [-0.3, -0.25) is 18.5 Å². The summed E-state index contributed by atoms with van der Waals surface area (Å²) in [7, 11) is -14.6. The Balaban J connectivity index is 2.56. The van der Waals surface area contributed by atoms with Gasteiger partial charge in [0.1, 0.15) is 35.9 Å². The second kappa shape index (κ2) is 11.3. The van der Waals surface area contributed by atoms with E-state index in [2.05, 4.69) is 17.9 Å². The minimum atomic E-state index is -5.41. The van der Waals surface area contributed by atoms with Crippen LogP contribution in [0.5, 0.6) is 11.5 Å². The van der Waals surface area contributed by atoms with E-state index in [4.69, 9.17) is 23.3 Å². The zero-order chi connectivity index (χ0) is 26.6. The topological polar surface area (TPSA) is 248 Å². The van der Waals surface area contributed by atoms with Crippen molar-refractivity contribution in [3.8, 4) is 11.5 Å². The molecule has 1 aromatic rings. The zero-order valence-corrected chi connectivity index (χ0v) is 20.2. The van der Waals surface area contributed by atoms with Crippen LogP contribution in [0.2, 0.25) is 0 Å². The second-order valence-corrected chi connectivity index (χ2v) is 9.94. The molecular weight excluding hydrogens is 546 g/mol. The van der Waals surface area contributed by atoms with Crippen LogP contribution in [0.15, 0.2) is 24.3 Å². The molecule has 17 nitrogen and oxygen atoms in total. The molecular formula is C15H21NO16S3. The fraction of sp³-hybridized carbons (Fsp3) is 0.533. The monoisotopic (exact) mass is 567 g/mol. The molecule has 1 amide bonds. The summed E-state index contributed by atoms with van der Waals surface area (Å²) in [6, 6.07) is 3.85. The quantitative estimate of drug-likeness (QED) is 0.222. The molecule has 0 spiro atoms. The van der Waals surface area contributed by atoms with E-state index >= 15 is 0 Å². The third-order valence-corrected chi connectivity index (χ3v) is 5.54. The summed E-state index contributed by atoms with van der Waals surface area (Å²) in [6.07, 6.45) is -8.22. The average molecular weight is 568 g/mol. The van der Waals surface area contributed by atoms with Crippen LogP contribution in [0.25, 0.3) is 0 Å². The molecule has 5 atom stereocenters. The Kier molecular flexibility index (Phi) is 9.38. The highest BCUT2D eigenvalue weighted by molar-refractivity contribution is 7.81. The minimum absolute atomic E-state index is 0.0281. The summed E-state index contributed by atoms with van der Waals surface area (Å²) in [5.41, 5.74) is 0. The molecule has 2 rings (SSSR count). The molecule has 0 radical (unpaired) electrons. The van der Waals surface area contributed by atoms with E-state index in [1.54, 1.807) is 0 Å². The van der Waals surface area contributed by atoms with Gasteiger partial charge in [-0.05, 0) is 24.3 Å². The lowest BCUT2D eigenvalue weighted by atomic mass is 9.97. The van der Waals surface area contributed by atoms with Crippen molar-refractivity contribution in [1.82, 2.24) is 5.32 Å². The number of rotatable bonds is 11. The van der Waals surface area contributed by atoms with Crippen LogP contribution in [0.1, 0.15) is 6.92 Å². The van der Waals surface area contributed by atoms with E-state index < -0.39 is 74.4 Å². The van der Waals surface area contributed by atoms with Crippen molar-refractivity contribution < 1.29 is 70.5 Å². The van der Waals surface area contributed by atoms with E-state index in [0.29, 0.717) is 5.75 Å². The lowest BCUT2D eigenvalue weighted by molar-refractivity contribution is -0.233. The lowest BCUT2D eigenvalue weighted by Gasteiger charge is -2.44. The molecule has 0 unspecified atom stereocenters. The van der Waals surface area contributed by atoms with Crippen molar-refractivity contribution in [2.75, 3.05) is 13.7 Å². The van der Waals surface area contributed by atoms with Crippen molar-refractivity contribution in [1.29, 1.82) is 0 Å². The fourth-order valence-electron chi connectivity index (χ4n) is 2.98. The van der Waals surface area contributed by atoms with Gasteiger partial charge in [-0.2, -0.15) is 25.3 Å². The van der Waals surface area contributed by atoms with Crippen molar-refractivity contribution >= 4 is 37.1 Å². The number of benzene rings is 1. The molecule has 0 aromatic heterocycles. The summed E-state index contributed by atoms with van der Waals surface area (Å²) in [4.78, 5) is 11.8. The van der Waals surface area contributed by atoms with Crippen LogP contribution in [0.4, 0.5) is 0 Å². The van der Waals surface area contributed by atoms with Gasteiger partial charge in [0.15, 0.2) is 0 Å². The van der Waals surface area contributed by atoms with Crippen molar-refractivity contribution in [2.24, 2.45) is 0 Å². The smallest absolute Gasteiger partial charge is 0.397 e. The SMILES string of the molecule is COc1ccc(O[C@@H]2O[C@H](COS(=O)(=O)O)[C@H](OS(=O)(=O)O)[C@H](OS(=O)(=O)O)[C@H]2NC(C)=O)cc1. The van der Waals surface area contributed by atoms with Crippen LogP contribution >= 0.6 is 0 Å². The van der Waals surface area contributed by atoms with Crippen LogP contribution in [0.3, 0.4) is 0 Å². The van der Waals surface area contributed by atoms with Crippen LogP contribution in [-0.2, 0) is 53.3 Å². The normalized spacial score (nSPS) is 25.6. The predicted octanol–water partition coefficient (Wildman–Crippen LogP) is -1.50. The number of hydrogen-bond acceptors (Lipinski definition) is 13. The minimum Gasteiger partial charge on any atom is -0.497 e. The predicted molar refractivity (Wildman–Crippen MR) is 110 cm³/mol. The number of carbonyl (C=O) groups excluding carboxylic acids is 1. The summed E-state index contributed by atoms with van der Waals surface area (Å²) >= 11 is 0. The molecule has 1 saturated heterocycles. The van der Waals surface area contributed by atoms with Crippen molar-refractivity contribution in [3.63, 3.8) is 0 Å².